The molecular formula is C20H20O8. The fourth-order valence-electron chi connectivity index (χ4n) is 3.48. The zero-order chi connectivity index (χ0) is 19.8. The van der Waals surface area contributed by atoms with E-state index in [4.69, 9.17) is 33.2 Å². The average Bonchev–Trinajstić information content (AvgIpc) is 3.19. The second kappa shape index (κ2) is 7.03. The Morgan fingerprint density at radius 1 is 0.857 bits per heavy atom. The number of benzene rings is 2. The van der Waals surface area contributed by atoms with E-state index in [1.807, 2.05) is 0 Å². The molecule has 2 aromatic carbocycles. The third-order valence-electron chi connectivity index (χ3n) is 4.77. The van der Waals surface area contributed by atoms with Crippen LogP contribution in [0.25, 0.3) is 0 Å². The van der Waals surface area contributed by atoms with Gasteiger partial charge in [-0.2, -0.15) is 0 Å². The standard InChI is InChI=1S/C20H20O8/c1-22-14-5-10(6-16-18(14)27-9-26-16)12-7-11(21)17-13(28-12)8-15(23-2)19(24-3)20(17)25-4/h5-6,8,12H,7,9H2,1-4H3/t12-/m1/s1. The van der Waals surface area contributed by atoms with Crippen LogP contribution in [0, 0.1) is 0 Å². The van der Waals surface area contributed by atoms with Crippen molar-refractivity contribution < 1.29 is 38.0 Å². The number of rotatable bonds is 5. The first kappa shape index (κ1) is 18.1. The van der Waals surface area contributed by atoms with Crippen LogP contribution in [0.2, 0.25) is 0 Å². The molecule has 0 spiro atoms. The maximum atomic E-state index is 13.0. The molecule has 2 aromatic rings. The molecule has 2 heterocycles. The van der Waals surface area contributed by atoms with Gasteiger partial charge in [-0.1, -0.05) is 0 Å². The number of Topliss-reactive ketones (excluding diaryl/α,β-unsaturated/α-hetero) is 1. The molecule has 8 heteroatoms. The molecule has 0 bridgehead atoms. The molecule has 0 amide bonds. The monoisotopic (exact) mass is 388 g/mol. The van der Waals surface area contributed by atoms with Gasteiger partial charge in [-0.25, -0.2) is 0 Å². The third-order valence-corrected chi connectivity index (χ3v) is 4.77. The summed E-state index contributed by atoms with van der Waals surface area (Å²) in [5, 5.41) is 0. The first-order chi connectivity index (χ1) is 13.6. The van der Waals surface area contributed by atoms with Crippen LogP contribution >= 0.6 is 0 Å². The molecule has 0 radical (unpaired) electrons. The molecular weight excluding hydrogens is 368 g/mol. The van der Waals surface area contributed by atoms with Gasteiger partial charge in [0.2, 0.25) is 18.3 Å². The van der Waals surface area contributed by atoms with Crippen molar-refractivity contribution in [1.82, 2.24) is 0 Å². The Morgan fingerprint density at radius 2 is 1.61 bits per heavy atom. The highest BCUT2D eigenvalue weighted by Crippen LogP contribution is 2.50. The van der Waals surface area contributed by atoms with Crippen molar-refractivity contribution in [2.75, 3.05) is 35.2 Å². The van der Waals surface area contributed by atoms with Gasteiger partial charge in [0.1, 0.15) is 17.4 Å². The maximum absolute atomic E-state index is 13.0. The number of fused-ring (bicyclic) bond motifs is 2. The summed E-state index contributed by atoms with van der Waals surface area (Å²) < 4.78 is 38.6. The lowest BCUT2D eigenvalue weighted by atomic mass is 9.94. The van der Waals surface area contributed by atoms with Crippen molar-refractivity contribution >= 4 is 5.78 Å². The van der Waals surface area contributed by atoms with E-state index in [1.54, 1.807) is 25.3 Å². The summed E-state index contributed by atoms with van der Waals surface area (Å²) in [6.45, 7) is 0.122. The van der Waals surface area contributed by atoms with Crippen molar-refractivity contribution in [3.8, 4) is 40.2 Å². The lowest BCUT2D eigenvalue weighted by molar-refractivity contribution is 0.0841. The van der Waals surface area contributed by atoms with Crippen LogP contribution in [0.5, 0.6) is 40.2 Å². The van der Waals surface area contributed by atoms with E-state index in [9.17, 15) is 4.79 Å². The molecule has 28 heavy (non-hydrogen) atoms. The molecule has 148 valence electrons. The van der Waals surface area contributed by atoms with E-state index in [-0.39, 0.29) is 19.0 Å². The minimum Gasteiger partial charge on any atom is -0.493 e. The van der Waals surface area contributed by atoms with Crippen LogP contribution in [0.4, 0.5) is 0 Å². The Labute approximate surface area is 161 Å². The number of carbonyl (C=O) groups excluding carboxylic acids is 1. The molecule has 0 fully saturated rings. The lowest BCUT2D eigenvalue weighted by Crippen LogP contribution is -2.21. The third kappa shape index (κ3) is 2.72. The Bertz CT molecular complexity index is 937. The van der Waals surface area contributed by atoms with Crippen molar-refractivity contribution in [3.05, 3.63) is 29.3 Å². The second-order valence-corrected chi connectivity index (χ2v) is 6.21. The Morgan fingerprint density at radius 3 is 2.29 bits per heavy atom. The van der Waals surface area contributed by atoms with Gasteiger partial charge in [0.25, 0.3) is 0 Å². The first-order valence-electron chi connectivity index (χ1n) is 8.61. The molecule has 2 aliphatic heterocycles. The van der Waals surface area contributed by atoms with Crippen molar-refractivity contribution in [2.24, 2.45) is 0 Å². The van der Waals surface area contributed by atoms with Gasteiger partial charge in [0.05, 0.1) is 34.9 Å². The molecule has 0 N–H and O–H groups in total. The molecule has 0 aliphatic carbocycles. The Balaban J connectivity index is 1.78. The first-order valence-corrected chi connectivity index (χ1v) is 8.61. The number of carbonyl (C=O) groups is 1. The predicted octanol–water partition coefficient (Wildman–Crippen LogP) is 3.16. The quantitative estimate of drug-likeness (QED) is 0.773. The molecule has 0 saturated carbocycles. The van der Waals surface area contributed by atoms with E-state index in [0.29, 0.717) is 45.8 Å². The Hall–Kier alpha value is -3.29. The lowest BCUT2D eigenvalue weighted by Gasteiger charge is -2.28. The summed E-state index contributed by atoms with van der Waals surface area (Å²) in [6, 6.07) is 5.21. The fourth-order valence-corrected chi connectivity index (χ4v) is 3.48. The van der Waals surface area contributed by atoms with E-state index >= 15 is 0 Å². The van der Waals surface area contributed by atoms with Gasteiger partial charge in [0, 0.05) is 11.6 Å². The summed E-state index contributed by atoms with van der Waals surface area (Å²) in [5.41, 5.74) is 1.08. The summed E-state index contributed by atoms with van der Waals surface area (Å²) in [5.74, 6) is 2.93. The summed E-state index contributed by atoms with van der Waals surface area (Å²) in [4.78, 5) is 13.0. The maximum Gasteiger partial charge on any atom is 0.231 e. The summed E-state index contributed by atoms with van der Waals surface area (Å²) >= 11 is 0. The zero-order valence-electron chi connectivity index (χ0n) is 16.0. The second-order valence-electron chi connectivity index (χ2n) is 6.21. The highest BCUT2D eigenvalue weighted by molar-refractivity contribution is 6.04. The number of hydrogen-bond acceptors (Lipinski definition) is 8. The smallest absolute Gasteiger partial charge is 0.231 e. The van der Waals surface area contributed by atoms with Gasteiger partial charge in [0.15, 0.2) is 28.8 Å². The highest BCUT2D eigenvalue weighted by atomic mass is 16.7. The fraction of sp³-hybridized carbons (Fsp3) is 0.350. The highest BCUT2D eigenvalue weighted by Gasteiger charge is 2.35. The van der Waals surface area contributed by atoms with Crippen LogP contribution in [0.15, 0.2) is 18.2 Å². The number of ketones is 1. The molecule has 2 aliphatic rings. The van der Waals surface area contributed by atoms with Crippen LogP contribution in [-0.2, 0) is 0 Å². The van der Waals surface area contributed by atoms with E-state index in [2.05, 4.69) is 0 Å². The Kier molecular flexibility index (Phi) is 4.54. The van der Waals surface area contributed by atoms with Gasteiger partial charge in [-0.05, 0) is 12.1 Å². The summed E-state index contributed by atoms with van der Waals surface area (Å²) in [7, 11) is 6.02. The molecule has 4 rings (SSSR count). The predicted molar refractivity (Wildman–Crippen MR) is 97.5 cm³/mol. The van der Waals surface area contributed by atoms with E-state index in [0.717, 1.165) is 5.56 Å². The zero-order valence-corrected chi connectivity index (χ0v) is 16.0. The van der Waals surface area contributed by atoms with Crippen LogP contribution in [0.1, 0.15) is 28.4 Å². The van der Waals surface area contributed by atoms with Crippen molar-refractivity contribution in [3.63, 3.8) is 0 Å². The molecule has 0 aromatic heterocycles. The summed E-state index contributed by atoms with van der Waals surface area (Å²) in [6.07, 6.45) is -0.395. The van der Waals surface area contributed by atoms with Crippen molar-refractivity contribution in [2.45, 2.75) is 12.5 Å². The van der Waals surface area contributed by atoms with Crippen LogP contribution < -0.4 is 33.2 Å². The van der Waals surface area contributed by atoms with E-state index in [1.165, 1.54) is 21.3 Å². The van der Waals surface area contributed by atoms with Gasteiger partial charge < -0.3 is 33.2 Å². The largest absolute Gasteiger partial charge is 0.493 e. The molecule has 8 nitrogen and oxygen atoms in total. The number of ether oxygens (including phenoxy) is 7. The van der Waals surface area contributed by atoms with Crippen LogP contribution in [-0.4, -0.2) is 41.0 Å². The molecule has 0 saturated heterocycles. The normalized spacial score (nSPS) is 16.9. The van der Waals surface area contributed by atoms with Crippen LogP contribution in [0.3, 0.4) is 0 Å². The average molecular weight is 388 g/mol. The SMILES string of the molecule is COc1cc([C@H]2CC(=O)c3c(cc(OC)c(OC)c3OC)O2)cc2c1OCO2. The minimum atomic E-state index is -0.522. The van der Waals surface area contributed by atoms with E-state index < -0.39 is 6.10 Å². The topological polar surface area (TPSA) is 81.7 Å². The molecule has 1 atom stereocenters. The van der Waals surface area contributed by atoms with Gasteiger partial charge in [-0.3, -0.25) is 4.79 Å². The minimum absolute atomic E-state index is 0.122. The number of methoxy groups -OCH3 is 4. The van der Waals surface area contributed by atoms with Crippen molar-refractivity contribution in [1.29, 1.82) is 0 Å². The van der Waals surface area contributed by atoms with Gasteiger partial charge >= 0.3 is 0 Å². The number of hydrogen-bond donors (Lipinski definition) is 0. The van der Waals surface area contributed by atoms with Gasteiger partial charge in [-0.15, -0.1) is 0 Å². The molecule has 0 unspecified atom stereocenters.